The smallest absolute Gasteiger partial charge is 0.414 e. The van der Waals surface area contributed by atoms with Crippen molar-refractivity contribution in [2.75, 3.05) is 0 Å². The number of rotatable bonds is 0. The molecule has 0 saturated carbocycles. The van der Waals surface area contributed by atoms with Crippen LogP contribution in [0.2, 0.25) is 0 Å². The maximum atomic E-state index is 9.10. The fraction of sp³-hybridized carbons (Fsp3) is 0. The van der Waals surface area contributed by atoms with E-state index in [2.05, 4.69) is 0 Å². The molecule has 0 atom stereocenters. The maximum absolute atomic E-state index is 9.10. The van der Waals surface area contributed by atoms with Crippen molar-refractivity contribution in [3.63, 3.8) is 0 Å². The van der Waals surface area contributed by atoms with Crippen LogP contribution in [0.25, 0.3) is 0 Å². The quantitative estimate of drug-likeness (QED) is 0.262. The van der Waals surface area contributed by atoms with Gasteiger partial charge in [-0.25, -0.2) is 19.2 Å². The van der Waals surface area contributed by atoms with Gasteiger partial charge in [0.05, 0.1) is 0 Å². The molecule has 4 N–H and O–H groups in total. The van der Waals surface area contributed by atoms with Crippen LogP contribution in [0.1, 0.15) is 0 Å². The van der Waals surface area contributed by atoms with Crippen LogP contribution in [-0.4, -0.2) is 103 Å². The van der Waals surface area contributed by atoms with Gasteiger partial charge in [0.1, 0.15) is 0 Å². The number of aliphatic carboxylic acids is 4. The molecule has 0 unspecified atom stereocenters. The number of hydrogen-bond donors (Lipinski definition) is 4. The third-order valence-corrected chi connectivity index (χ3v) is 0.366. The van der Waals surface area contributed by atoms with Crippen LogP contribution in [-0.2, 0) is 19.2 Å². The molecule has 0 aliphatic rings. The topological polar surface area (TPSA) is 149 Å². The van der Waals surface area contributed by atoms with Crippen molar-refractivity contribution in [3.8, 4) is 0 Å². The van der Waals surface area contributed by atoms with E-state index in [1.807, 2.05) is 0 Å². The van der Waals surface area contributed by atoms with Crippen LogP contribution in [0.5, 0.6) is 0 Å². The first kappa shape index (κ1) is 23.6. The van der Waals surface area contributed by atoms with E-state index < -0.39 is 23.9 Å². The molecule has 0 saturated heterocycles. The molecule has 0 aliphatic carbocycles. The third kappa shape index (κ3) is 22.6. The van der Waals surface area contributed by atoms with E-state index in [4.69, 9.17) is 39.6 Å². The zero-order valence-electron chi connectivity index (χ0n) is 7.42. The van der Waals surface area contributed by atoms with Gasteiger partial charge < -0.3 is 20.4 Å². The summed E-state index contributed by atoms with van der Waals surface area (Å²) in [6.07, 6.45) is 0. The van der Waals surface area contributed by atoms with Gasteiger partial charge >= 0.3 is 23.9 Å². The minimum atomic E-state index is -1.82. The van der Waals surface area contributed by atoms with Crippen molar-refractivity contribution in [3.05, 3.63) is 0 Å². The normalized spacial score (nSPS) is 6.29. The predicted octanol–water partition coefficient (Wildman–Crippen LogP) is -2.45. The fourth-order valence-electron chi connectivity index (χ4n) is 0. The fourth-order valence-corrected chi connectivity index (χ4v) is 0. The summed E-state index contributed by atoms with van der Waals surface area (Å²) in [6, 6.07) is 0. The van der Waals surface area contributed by atoms with Gasteiger partial charge in [-0.05, 0) is 0 Å². The second-order valence-electron chi connectivity index (χ2n) is 1.22. The minimum Gasteiger partial charge on any atom is -0.473 e. The van der Waals surface area contributed by atoms with Gasteiger partial charge in [0.15, 0.2) is 0 Å². The Morgan fingerprint density at radius 1 is 0.500 bits per heavy atom. The summed E-state index contributed by atoms with van der Waals surface area (Å²) >= 11 is 0. The molecule has 0 spiro atoms. The number of carboxylic acids is 4. The van der Waals surface area contributed by atoms with Crippen molar-refractivity contribution in [1.29, 1.82) is 0 Å². The molecule has 0 aromatic carbocycles. The summed E-state index contributed by atoms with van der Waals surface area (Å²) in [5.74, 6) is -7.30. The van der Waals surface area contributed by atoms with E-state index in [9.17, 15) is 0 Å². The van der Waals surface area contributed by atoms with Crippen LogP contribution >= 0.6 is 0 Å². The van der Waals surface area contributed by atoms with E-state index >= 15 is 0 Å². The van der Waals surface area contributed by atoms with Gasteiger partial charge in [-0.2, -0.15) is 0 Å². The molecule has 10 heteroatoms. The molecule has 70 valence electrons. The SMILES string of the molecule is O=C(O)C(=O)O.O=C(O)C(=O)O.[Na].[Na]. The minimum absolute atomic E-state index is 0. The van der Waals surface area contributed by atoms with Gasteiger partial charge in [0.25, 0.3) is 0 Å². The molecule has 0 rings (SSSR count). The zero-order chi connectivity index (χ0) is 10.3. The average Bonchev–Trinajstić information content (AvgIpc) is 1.88. The largest absolute Gasteiger partial charge is 0.473 e. The van der Waals surface area contributed by atoms with Crippen molar-refractivity contribution >= 4 is 83.0 Å². The first-order valence-corrected chi connectivity index (χ1v) is 2.21. The summed E-state index contributed by atoms with van der Waals surface area (Å²) in [5, 5.41) is 29.6. The average molecular weight is 226 g/mol. The summed E-state index contributed by atoms with van der Waals surface area (Å²) in [5.41, 5.74) is 0. The molecule has 0 aliphatic heterocycles. The van der Waals surface area contributed by atoms with E-state index in [0.29, 0.717) is 0 Å². The van der Waals surface area contributed by atoms with Crippen LogP contribution in [0.15, 0.2) is 0 Å². The van der Waals surface area contributed by atoms with Crippen LogP contribution in [0, 0.1) is 0 Å². The van der Waals surface area contributed by atoms with Gasteiger partial charge in [0.2, 0.25) is 0 Å². The molecule has 0 fully saturated rings. The Morgan fingerprint density at radius 3 is 0.571 bits per heavy atom. The Balaban J connectivity index is -0.0000000625. The molecule has 0 aromatic rings. The molecule has 0 bridgehead atoms. The second-order valence-corrected chi connectivity index (χ2v) is 1.22. The van der Waals surface area contributed by atoms with Crippen molar-refractivity contribution in [1.82, 2.24) is 0 Å². The number of carbonyl (C=O) groups is 4. The first-order valence-electron chi connectivity index (χ1n) is 2.21. The summed E-state index contributed by atoms with van der Waals surface area (Å²) in [6.45, 7) is 0. The Bertz CT molecular complexity index is 175. The zero-order valence-corrected chi connectivity index (χ0v) is 11.4. The van der Waals surface area contributed by atoms with Gasteiger partial charge in [0, 0.05) is 59.1 Å². The maximum Gasteiger partial charge on any atom is 0.414 e. The first-order chi connectivity index (χ1) is 5.29. The van der Waals surface area contributed by atoms with Gasteiger partial charge in [-0.15, -0.1) is 0 Å². The van der Waals surface area contributed by atoms with E-state index in [0.717, 1.165) is 0 Å². The molecule has 8 nitrogen and oxygen atoms in total. The number of carboxylic acid groups (broad SMARTS) is 4. The Morgan fingerprint density at radius 2 is 0.571 bits per heavy atom. The molecular weight excluding hydrogens is 222 g/mol. The molecule has 0 aromatic heterocycles. The van der Waals surface area contributed by atoms with Crippen LogP contribution in [0.3, 0.4) is 0 Å². The molecular formula is C4H4Na2O8. The monoisotopic (exact) mass is 226 g/mol. The van der Waals surface area contributed by atoms with Crippen molar-refractivity contribution in [2.24, 2.45) is 0 Å². The van der Waals surface area contributed by atoms with Crippen molar-refractivity contribution < 1.29 is 39.6 Å². The van der Waals surface area contributed by atoms with Crippen molar-refractivity contribution in [2.45, 2.75) is 0 Å². The Hall–Kier alpha value is -0.120. The van der Waals surface area contributed by atoms with E-state index in [1.165, 1.54) is 0 Å². The van der Waals surface area contributed by atoms with Crippen LogP contribution in [0.4, 0.5) is 0 Å². The van der Waals surface area contributed by atoms with E-state index in [1.54, 1.807) is 0 Å². The second kappa shape index (κ2) is 12.9. The molecule has 0 heterocycles. The van der Waals surface area contributed by atoms with Crippen LogP contribution < -0.4 is 0 Å². The van der Waals surface area contributed by atoms with E-state index in [-0.39, 0.29) is 59.1 Å². The summed E-state index contributed by atoms with van der Waals surface area (Å²) in [7, 11) is 0. The third-order valence-electron chi connectivity index (χ3n) is 0.366. The predicted molar refractivity (Wildman–Crippen MR) is 42.1 cm³/mol. The Labute approximate surface area is 121 Å². The van der Waals surface area contributed by atoms with Gasteiger partial charge in [-0.3, -0.25) is 0 Å². The number of hydrogen-bond acceptors (Lipinski definition) is 4. The summed E-state index contributed by atoms with van der Waals surface area (Å²) in [4.78, 5) is 36.4. The Kier molecular flexibility index (Phi) is 21.7. The summed E-state index contributed by atoms with van der Waals surface area (Å²) < 4.78 is 0. The molecule has 0 amide bonds. The molecule has 14 heavy (non-hydrogen) atoms. The van der Waals surface area contributed by atoms with Gasteiger partial charge in [-0.1, -0.05) is 0 Å². The molecule has 2 radical (unpaired) electrons. The standard InChI is InChI=1S/2C2H2O4.2Na/c2*3-1(4)2(5)6;;/h2*(H,3,4)(H,5,6);;.